The number of benzene rings is 1. The Morgan fingerprint density at radius 2 is 1.92 bits per heavy atom. The van der Waals surface area contributed by atoms with Crippen LogP contribution in [-0.4, -0.2) is 34.2 Å². The van der Waals surface area contributed by atoms with Crippen LogP contribution < -0.4 is 5.32 Å². The minimum absolute atomic E-state index is 0.0943. The number of fused-ring (bicyclic) bond motifs is 2. The van der Waals surface area contributed by atoms with Crippen LogP contribution in [0.25, 0.3) is 10.2 Å². The number of aryl methyl sites for hydroxylation is 1. The quantitative estimate of drug-likeness (QED) is 0.838. The summed E-state index contributed by atoms with van der Waals surface area (Å²) >= 11 is 1.42. The predicted molar refractivity (Wildman–Crippen MR) is 99.8 cm³/mol. The molecule has 1 aromatic heterocycles. The van der Waals surface area contributed by atoms with Gasteiger partial charge in [-0.15, -0.1) is 0 Å². The van der Waals surface area contributed by atoms with E-state index in [1.54, 1.807) is 0 Å². The Bertz CT molecular complexity index is 867. The third-order valence-electron chi connectivity index (χ3n) is 5.36. The Kier molecular flexibility index (Phi) is 4.48. The minimum atomic E-state index is -0.225. The molecule has 3 amide bonds. The van der Waals surface area contributed by atoms with Crippen LogP contribution in [-0.2, 0) is 14.4 Å². The largest absolute Gasteiger partial charge is 0.302 e. The number of amides is 3. The predicted octanol–water partition coefficient (Wildman–Crippen LogP) is 3.11. The van der Waals surface area contributed by atoms with Crippen LogP contribution in [0.4, 0.5) is 5.13 Å². The zero-order valence-corrected chi connectivity index (χ0v) is 15.5. The van der Waals surface area contributed by atoms with Gasteiger partial charge in [0.1, 0.15) is 0 Å². The molecule has 1 aliphatic heterocycles. The van der Waals surface area contributed by atoms with Crippen molar-refractivity contribution in [2.45, 2.75) is 39.0 Å². The molecule has 2 heterocycles. The van der Waals surface area contributed by atoms with Gasteiger partial charge >= 0.3 is 0 Å². The second-order valence-corrected chi connectivity index (χ2v) is 8.10. The average molecular weight is 371 g/mol. The van der Waals surface area contributed by atoms with E-state index >= 15 is 0 Å². The Balaban J connectivity index is 1.38. The zero-order valence-electron chi connectivity index (χ0n) is 14.7. The summed E-state index contributed by atoms with van der Waals surface area (Å²) in [6.07, 6.45) is 3.70. The lowest BCUT2D eigenvalue weighted by atomic mass is 9.81. The molecule has 1 saturated heterocycles. The van der Waals surface area contributed by atoms with E-state index in [4.69, 9.17) is 0 Å². The first-order chi connectivity index (χ1) is 12.5. The number of carbonyl (C=O) groups is 3. The Morgan fingerprint density at radius 1 is 1.23 bits per heavy atom. The highest BCUT2D eigenvalue weighted by atomic mass is 32.1. The van der Waals surface area contributed by atoms with Gasteiger partial charge in [-0.1, -0.05) is 36.3 Å². The lowest BCUT2D eigenvalue weighted by molar-refractivity contribution is -0.140. The van der Waals surface area contributed by atoms with Gasteiger partial charge in [-0.25, -0.2) is 4.98 Å². The van der Waals surface area contributed by atoms with Crippen LogP contribution in [0.15, 0.2) is 18.2 Å². The van der Waals surface area contributed by atoms with Crippen molar-refractivity contribution in [2.24, 2.45) is 11.8 Å². The molecule has 0 radical (unpaired) electrons. The van der Waals surface area contributed by atoms with E-state index in [9.17, 15) is 14.4 Å². The van der Waals surface area contributed by atoms with Crippen molar-refractivity contribution < 1.29 is 14.4 Å². The van der Waals surface area contributed by atoms with Gasteiger partial charge in [0.15, 0.2) is 5.13 Å². The van der Waals surface area contributed by atoms with Crippen molar-refractivity contribution in [3.8, 4) is 0 Å². The van der Waals surface area contributed by atoms with Gasteiger partial charge in [-0.05, 0) is 31.4 Å². The highest BCUT2D eigenvalue weighted by Crippen LogP contribution is 2.38. The summed E-state index contributed by atoms with van der Waals surface area (Å²) in [6.45, 7) is 2.14. The van der Waals surface area contributed by atoms with Gasteiger partial charge in [0.2, 0.25) is 17.7 Å². The van der Waals surface area contributed by atoms with Crippen molar-refractivity contribution >= 4 is 44.4 Å². The van der Waals surface area contributed by atoms with E-state index in [1.165, 1.54) is 16.2 Å². The van der Waals surface area contributed by atoms with Crippen LogP contribution in [0.3, 0.4) is 0 Å². The molecule has 2 atom stereocenters. The molecule has 1 saturated carbocycles. The van der Waals surface area contributed by atoms with E-state index in [-0.39, 0.29) is 42.5 Å². The molecule has 2 aliphatic rings. The summed E-state index contributed by atoms with van der Waals surface area (Å²) < 4.78 is 1.02. The smallest absolute Gasteiger partial charge is 0.233 e. The minimum Gasteiger partial charge on any atom is -0.302 e. The Morgan fingerprint density at radius 3 is 2.58 bits per heavy atom. The first kappa shape index (κ1) is 17.1. The van der Waals surface area contributed by atoms with Gasteiger partial charge in [0.05, 0.1) is 22.1 Å². The number of carbonyl (C=O) groups excluding carboxylic acids is 3. The fraction of sp³-hybridized carbons (Fsp3) is 0.474. The van der Waals surface area contributed by atoms with Crippen LogP contribution >= 0.6 is 11.3 Å². The molecule has 1 aliphatic carbocycles. The van der Waals surface area contributed by atoms with Crippen LogP contribution in [0, 0.1) is 18.8 Å². The third-order valence-corrected chi connectivity index (χ3v) is 6.30. The van der Waals surface area contributed by atoms with Gasteiger partial charge in [-0.3, -0.25) is 19.3 Å². The van der Waals surface area contributed by atoms with E-state index in [2.05, 4.69) is 10.3 Å². The van der Waals surface area contributed by atoms with Crippen LogP contribution in [0.1, 0.15) is 37.7 Å². The number of hydrogen-bond donors (Lipinski definition) is 1. The molecule has 1 N–H and O–H groups in total. The maximum Gasteiger partial charge on any atom is 0.233 e. The summed E-state index contributed by atoms with van der Waals surface area (Å²) in [5.41, 5.74) is 1.96. The lowest BCUT2D eigenvalue weighted by Gasteiger charge is -2.19. The summed E-state index contributed by atoms with van der Waals surface area (Å²) in [6, 6.07) is 5.92. The number of nitrogens with zero attached hydrogens (tertiary/aromatic N) is 2. The highest BCUT2D eigenvalue weighted by molar-refractivity contribution is 7.22. The molecule has 0 spiro atoms. The third kappa shape index (κ3) is 3.00. The number of nitrogens with one attached hydrogen (secondary N) is 1. The number of thiazole rings is 1. The Labute approximate surface area is 155 Å². The first-order valence-corrected chi connectivity index (χ1v) is 9.87. The molecule has 0 unspecified atom stereocenters. The molecule has 0 bridgehead atoms. The molecule has 136 valence electrons. The number of imide groups is 1. The average Bonchev–Trinajstić information content (AvgIpc) is 3.14. The number of rotatable bonds is 4. The van der Waals surface area contributed by atoms with Crippen molar-refractivity contribution in [3.63, 3.8) is 0 Å². The summed E-state index contributed by atoms with van der Waals surface area (Å²) in [5, 5.41) is 3.34. The van der Waals surface area contributed by atoms with Crippen molar-refractivity contribution in [3.05, 3.63) is 23.8 Å². The monoisotopic (exact) mass is 371 g/mol. The fourth-order valence-electron chi connectivity index (χ4n) is 3.99. The Hall–Kier alpha value is -2.28. The molecule has 6 nitrogen and oxygen atoms in total. The summed E-state index contributed by atoms with van der Waals surface area (Å²) in [4.78, 5) is 42.9. The van der Waals surface area contributed by atoms with Crippen LogP contribution in [0.2, 0.25) is 0 Å². The molecular weight excluding hydrogens is 350 g/mol. The maximum atomic E-state index is 12.4. The standard InChI is InChI=1S/C19H21N3O3S/c1-11-5-4-8-14-16(11)21-19(26-14)20-15(23)9-10-22-17(24)12-6-2-3-7-13(12)18(22)25/h4-5,8,12-13H,2-3,6-7,9-10H2,1H3,(H,20,21,23)/t12-,13-/m1/s1. The molecule has 4 rings (SSSR count). The van der Waals surface area contributed by atoms with E-state index in [1.807, 2.05) is 25.1 Å². The number of anilines is 1. The van der Waals surface area contributed by atoms with Crippen LogP contribution in [0.5, 0.6) is 0 Å². The number of para-hydroxylation sites is 1. The molecule has 2 aromatic rings. The molecule has 2 fully saturated rings. The number of likely N-dealkylation sites (tertiary alicyclic amines) is 1. The van der Waals surface area contributed by atoms with Crippen molar-refractivity contribution in [1.29, 1.82) is 0 Å². The number of aromatic nitrogens is 1. The highest BCUT2D eigenvalue weighted by Gasteiger charge is 2.47. The van der Waals surface area contributed by atoms with Gasteiger partial charge in [0.25, 0.3) is 0 Å². The van der Waals surface area contributed by atoms with Gasteiger partial charge in [0, 0.05) is 13.0 Å². The molecular formula is C19H21N3O3S. The second kappa shape index (κ2) is 6.79. The zero-order chi connectivity index (χ0) is 18.3. The summed E-state index contributed by atoms with van der Waals surface area (Å²) in [5.74, 6) is -0.735. The van der Waals surface area contributed by atoms with E-state index in [0.29, 0.717) is 5.13 Å². The van der Waals surface area contributed by atoms with Gasteiger partial charge in [-0.2, -0.15) is 0 Å². The maximum absolute atomic E-state index is 12.4. The van der Waals surface area contributed by atoms with Crippen molar-refractivity contribution in [1.82, 2.24) is 9.88 Å². The normalized spacial score (nSPS) is 22.7. The first-order valence-electron chi connectivity index (χ1n) is 9.06. The fourth-order valence-corrected chi connectivity index (χ4v) is 4.95. The summed E-state index contributed by atoms with van der Waals surface area (Å²) in [7, 11) is 0. The van der Waals surface area contributed by atoms with E-state index < -0.39 is 0 Å². The number of hydrogen-bond acceptors (Lipinski definition) is 5. The molecule has 26 heavy (non-hydrogen) atoms. The van der Waals surface area contributed by atoms with E-state index in [0.717, 1.165) is 41.5 Å². The second-order valence-electron chi connectivity index (χ2n) is 7.06. The molecule has 7 heteroatoms. The topological polar surface area (TPSA) is 79.4 Å². The van der Waals surface area contributed by atoms with Crippen molar-refractivity contribution in [2.75, 3.05) is 11.9 Å². The lowest BCUT2D eigenvalue weighted by Crippen LogP contribution is -2.34. The SMILES string of the molecule is Cc1cccc2sc(NC(=O)CCN3C(=O)[C@@H]4CCCC[C@H]4C3=O)nc12. The van der Waals surface area contributed by atoms with Gasteiger partial charge < -0.3 is 5.32 Å². The molecule has 1 aromatic carbocycles.